The van der Waals surface area contributed by atoms with Gasteiger partial charge in [0, 0.05) is 0 Å². The second-order valence-electron chi connectivity index (χ2n) is 5.56. The van der Waals surface area contributed by atoms with Crippen LogP contribution in [-0.4, -0.2) is 35.3 Å². The Morgan fingerprint density at radius 2 is 1.89 bits per heavy atom. The molecule has 0 fully saturated rings. The molecule has 2 N–H and O–H groups in total. The van der Waals surface area contributed by atoms with Gasteiger partial charge in [-0.1, -0.05) is 17.7 Å². The number of halogens is 1. The molecule has 8 heteroatoms. The average Bonchev–Trinajstić information content (AvgIpc) is 2.67. The molecule has 0 aliphatic carbocycles. The highest BCUT2D eigenvalue weighted by atomic mass is 35.5. The smallest absolute Gasteiger partial charge is 0.335 e. The van der Waals surface area contributed by atoms with Gasteiger partial charge >= 0.3 is 5.97 Å². The van der Waals surface area contributed by atoms with Crippen LogP contribution in [0.3, 0.4) is 0 Å². The van der Waals surface area contributed by atoms with Gasteiger partial charge in [0.15, 0.2) is 17.3 Å². The van der Waals surface area contributed by atoms with E-state index in [-0.39, 0.29) is 27.3 Å². The molecule has 1 aromatic heterocycles. The van der Waals surface area contributed by atoms with Gasteiger partial charge in [0.2, 0.25) is 0 Å². The number of nitrogens with zero attached hydrogens (tertiary/aromatic N) is 1. The molecule has 0 aliphatic heterocycles. The van der Waals surface area contributed by atoms with E-state index in [0.717, 1.165) is 0 Å². The number of hydrogen-bond acceptors (Lipinski definition) is 5. The van der Waals surface area contributed by atoms with Crippen molar-refractivity contribution < 1.29 is 19.4 Å². The zero-order valence-corrected chi connectivity index (χ0v) is 15.2. The Balaban J connectivity index is 2.07. The fourth-order valence-electron chi connectivity index (χ4n) is 2.54. The first-order valence-electron chi connectivity index (χ1n) is 7.80. The van der Waals surface area contributed by atoms with Gasteiger partial charge < -0.3 is 19.6 Å². The van der Waals surface area contributed by atoms with Gasteiger partial charge in [0.1, 0.15) is 0 Å². The number of benzene rings is 2. The third kappa shape index (κ3) is 3.78. The molecule has 0 bridgehead atoms. The van der Waals surface area contributed by atoms with E-state index >= 15 is 0 Å². The van der Waals surface area contributed by atoms with Crippen molar-refractivity contribution in [3.63, 3.8) is 0 Å². The minimum absolute atomic E-state index is 0.0338. The predicted molar refractivity (Wildman–Crippen MR) is 103 cm³/mol. The van der Waals surface area contributed by atoms with Crippen LogP contribution in [0, 0.1) is 0 Å². The van der Waals surface area contributed by atoms with E-state index < -0.39 is 11.5 Å². The Bertz CT molecular complexity index is 1120. The van der Waals surface area contributed by atoms with E-state index in [0.29, 0.717) is 17.1 Å². The summed E-state index contributed by atoms with van der Waals surface area (Å²) in [5, 5.41) is 9.57. The lowest BCUT2D eigenvalue weighted by molar-refractivity contribution is 0.0697. The van der Waals surface area contributed by atoms with Crippen molar-refractivity contribution in [2.24, 2.45) is 0 Å². The number of hydrogen-bond donors (Lipinski definition) is 2. The summed E-state index contributed by atoms with van der Waals surface area (Å²) in [5.74, 6) is 0.130. The summed E-state index contributed by atoms with van der Waals surface area (Å²) in [6.45, 7) is 0. The number of aromatic carboxylic acids is 1. The van der Waals surface area contributed by atoms with E-state index in [1.807, 2.05) is 0 Å². The molecule has 0 unspecified atom stereocenters. The summed E-state index contributed by atoms with van der Waals surface area (Å²) in [4.78, 5) is 30.3. The minimum Gasteiger partial charge on any atom is -0.493 e. The Hall–Kier alpha value is -3.32. The zero-order chi connectivity index (χ0) is 19.6. The number of methoxy groups -OCH3 is 2. The lowest BCUT2D eigenvalue weighted by Gasteiger charge is -2.08. The number of fused-ring (bicyclic) bond motifs is 1. The molecule has 0 radical (unpaired) electrons. The molecule has 0 atom stereocenters. The van der Waals surface area contributed by atoms with Crippen LogP contribution in [0.25, 0.3) is 22.0 Å². The number of carboxylic acid groups (broad SMARTS) is 1. The third-order valence-corrected chi connectivity index (χ3v) is 4.17. The second kappa shape index (κ2) is 7.51. The van der Waals surface area contributed by atoms with E-state index in [4.69, 9.17) is 26.2 Å². The predicted octanol–water partition coefficient (Wildman–Crippen LogP) is 3.38. The van der Waals surface area contributed by atoms with Gasteiger partial charge in [0.05, 0.1) is 35.7 Å². The number of H-pyrrole nitrogens is 1. The maximum absolute atomic E-state index is 12.3. The Morgan fingerprint density at radius 3 is 2.56 bits per heavy atom. The lowest BCUT2D eigenvalue weighted by atomic mass is 10.1. The maximum atomic E-state index is 12.3. The number of aromatic amines is 1. The molecular weight excluding hydrogens is 372 g/mol. The number of aromatic nitrogens is 2. The number of ether oxygens (including phenoxy) is 2. The van der Waals surface area contributed by atoms with E-state index in [1.165, 1.54) is 32.4 Å². The van der Waals surface area contributed by atoms with Gasteiger partial charge in [0.25, 0.3) is 5.56 Å². The van der Waals surface area contributed by atoms with Gasteiger partial charge in [-0.25, -0.2) is 9.78 Å². The number of carboxylic acids is 1. The fraction of sp³-hybridized carbons (Fsp3) is 0.105. The molecule has 0 aliphatic rings. The molecule has 3 aromatic rings. The van der Waals surface area contributed by atoms with Crippen LogP contribution in [0.1, 0.15) is 21.7 Å². The molecule has 138 valence electrons. The standard InChI is InChI=1S/C19H15ClN2O5/c1-26-15-6-3-10(8-16(15)27-2)7-13(20)17-21-14-9-11(19(24)25)4-5-12(14)18(23)22-17/h3-9H,1-2H3,(H,24,25)(H,21,22,23)/b13-7-. The summed E-state index contributed by atoms with van der Waals surface area (Å²) in [6.07, 6.45) is 1.61. The van der Waals surface area contributed by atoms with Gasteiger partial charge in [-0.2, -0.15) is 0 Å². The van der Waals surface area contributed by atoms with Crippen LogP contribution in [0.5, 0.6) is 11.5 Å². The number of rotatable bonds is 5. The fourth-order valence-corrected chi connectivity index (χ4v) is 2.76. The highest BCUT2D eigenvalue weighted by Gasteiger charge is 2.11. The van der Waals surface area contributed by atoms with Crippen LogP contribution < -0.4 is 15.0 Å². The molecule has 0 spiro atoms. The van der Waals surface area contributed by atoms with Gasteiger partial charge in [-0.3, -0.25) is 4.79 Å². The third-order valence-electron chi connectivity index (χ3n) is 3.88. The van der Waals surface area contributed by atoms with Gasteiger partial charge in [-0.15, -0.1) is 0 Å². The van der Waals surface area contributed by atoms with Crippen LogP contribution in [-0.2, 0) is 0 Å². The second-order valence-corrected chi connectivity index (χ2v) is 5.97. The first-order valence-corrected chi connectivity index (χ1v) is 8.17. The first-order chi connectivity index (χ1) is 12.9. The Labute approximate surface area is 158 Å². The molecule has 1 heterocycles. The summed E-state index contributed by atoms with van der Waals surface area (Å²) < 4.78 is 10.4. The van der Waals surface area contributed by atoms with E-state index in [2.05, 4.69) is 9.97 Å². The summed E-state index contributed by atoms with van der Waals surface area (Å²) >= 11 is 6.32. The Kier molecular flexibility index (Phi) is 5.14. The quantitative estimate of drug-likeness (QED) is 0.697. The lowest BCUT2D eigenvalue weighted by Crippen LogP contribution is -2.11. The molecule has 0 saturated carbocycles. The number of nitrogens with one attached hydrogen (secondary N) is 1. The normalized spacial score (nSPS) is 11.4. The highest BCUT2D eigenvalue weighted by molar-refractivity contribution is 6.50. The van der Waals surface area contributed by atoms with Crippen molar-refractivity contribution in [3.05, 3.63) is 63.7 Å². The minimum atomic E-state index is -1.10. The van der Waals surface area contributed by atoms with E-state index in [9.17, 15) is 9.59 Å². The van der Waals surface area contributed by atoms with E-state index in [1.54, 1.807) is 24.3 Å². The van der Waals surface area contributed by atoms with Crippen molar-refractivity contribution in [1.82, 2.24) is 9.97 Å². The summed E-state index contributed by atoms with van der Waals surface area (Å²) in [7, 11) is 3.06. The van der Waals surface area contributed by atoms with Crippen LogP contribution in [0.4, 0.5) is 0 Å². The van der Waals surface area contributed by atoms with Crippen molar-refractivity contribution in [2.75, 3.05) is 14.2 Å². The van der Waals surface area contributed by atoms with Crippen LogP contribution in [0.2, 0.25) is 0 Å². The maximum Gasteiger partial charge on any atom is 0.335 e. The SMILES string of the molecule is COc1ccc(/C=C(\Cl)c2nc3cc(C(=O)O)ccc3c(=O)[nH]2)cc1OC. The van der Waals surface area contributed by atoms with Crippen molar-refractivity contribution in [1.29, 1.82) is 0 Å². The zero-order valence-electron chi connectivity index (χ0n) is 14.4. The molecule has 2 aromatic carbocycles. The molecular formula is C19H15ClN2O5. The summed E-state index contributed by atoms with van der Waals surface area (Å²) in [6, 6.07) is 9.32. The largest absolute Gasteiger partial charge is 0.493 e. The average molecular weight is 387 g/mol. The van der Waals surface area contributed by atoms with Crippen molar-refractivity contribution in [3.8, 4) is 11.5 Å². The molecule has 3 rings (SSSR count). The van der Waals surface area contributed by atoms with Crippen LogP contribution >= 0.6 is 11.6 Å². The number of carbonyl (C=O) groups is 1. The Morgan fingerprint density at radius 1 is 1.15 bits per heavy atom. The highest BCUT2D eigenvalue weighted by Crippen LogP contribution is 2.29. The van der Waals surface area contributed by atoms with Crippen molar-refractivity contribution >= 4 is 39.6 Å². The molecule has 27 heavy (non-hydrogen) atoms. The molecule has 0 amide bonds. The van der Waals surface area contributed by atoms with Crippen molar-refractivity contribution in [2.45, 2.75) is 0 Å². The van der Waals surface area contributed by atoms with Gasteiger partial charge in [-0.05, 0) is 42.0 Å². The monoisotopic (exact) mass is 386 g/mol. The molecule has 0 saturated heterocycles. The molecule has 7 nitrogen and oxygen atoms in total. The van der Waals surface area contributed by atoms with Crippen LogP contribution in [0.15, 0.2) is 41.2 Å². The first kappa shape index (κ1) is 18.5. The topological polar surface area (TPSA) is 102 Å². The summed E-state index contributed by atoms with van der Waals surface area (Å²) in [5.41, 5.74) is 0.574.